The van der Waals surface area contributed by atoms with Gasteiger partial charge in [-0.25, -0.2) is 4.39 Å². The van der Waals surface area contributed by atoms with Crippen LogP contribution in [0.1, 0.15) is 31.4 Å². The second kappa shape index (κ2) is 7.10. The zero-order chi connectivity index (χ0) is 16.2. The SMILES string of the molecule is CCOc1ccc([Si](C)(C)C(CC)c2cccc(F)c2)cc1. The van der Waals surface area contributed by atoms with Crippen molar-refractivity contribution in [2.24, 2.45) is 0 Å². The summed E-state index contributed by atoms with van der Waals surface area (Å²) in [5, 5.41) is 1.38. The molecule has 0 amide bonds. The minimum absolute atomic E-state index is 0.146. The van der Waals surface area contributed by atoms with Crippen molar-refractivity contribution >= 4 is 13.3 Å². The topological polar surface area (TPSA) is 9.23 Å². The minimum atomic E-state index is -1.74. The Morgan fingerprint density at radius 1 is 1.05 bits per heavy atom. The molecule has 118 valence electrons. The molecule has 1 nitrogen and oxygen atoms in total. The Labute approximate surface area is 134 Å². The standard InChI is InChI=1S/C19H25FOSi/c1-5-19(15-8-7-9-16(20)14-15)22(3,4)18-12-10-17(11-13-18)21-6-2/h7-14,19H,5-6H2,1-4H3. The highest BCUT2D eigenvalue weighted by Gasteiger charge is 2.33. The van der Waals surface area contributed by atoms with Gasteiger partial charge >= 0.3 is 0 Å². The lowest BCUT2D eigenvalue weighted by Gasteiger charge is -2.33. The Morgan fingerprint density at radius 3 is 2.27 bits per heavy atom. The predicted octanol–water partition coefficient (Wildman–Crippen LogP) is 4.87. The Bertz CT molecular complexity index is 607. The van der Waals surface area contributed by atoms with Gasteiger partial charge in [-0.2, -0.15) is 0 Å². The molecule has 0 spiro atoms. The summed E-state index contributed by atoms with van der Waals surface area (Å²) in [5.41, 5.74) is 1.52. The molecule has 0 heterocycles. The van der Waals surface area contributed by atoms with Crippen LogP contribution in [0.2, 0.25) is 13.1 Å². The van der Waals surface area contributed by atoms with Gasteiger partial charge in [-0.05, 0) is 42.3 Å². The largest absolute Gasteiger partial charge is 0.494 e. The number of ether oxygens (including phenoxy) is 1. The van der Waals surface area contributed by atoms with Crippen molar-refractivity contribution in [1.29, 1.82) is 0 Å². The third-order valence-electron chi connectivity index (χ3n) is 4.44. The molecule has 1 unspecified atom stereocenters. The molecule has 2 aromatic carbocycles. The predicted molar refractivity (Wildman–Crippen MR) is 94.2 cm³/mol. The fourth-order valence-corrected chi connectivity index (χ4v) is 6.70. The smallest absolute Gasteiger partial charge is 0.123 e. The highest BCUT2D eigenvalue weighted by atomic mass is 28.3. The number of benzene rings is 2. The number of hydrogen-bond acceptors (Lipinski definition) is 1. The summed E-state index contributed by atoms with van der Waals surface area (Å²) in [6.45, 7) is 9.59. The van der Waals surface area contributed by atoms with Gasteiger partial charge in [0.1, 0.15) is 11.6 Å². The quantitative estimate of drug-likeness (QED) is 0.691. The molecule has 0 fully saturated rings. The fraction of sp³-hybridized carbons (Fsp3) is 0.368. The van der Waals surface area contributed by atoms with E-state index in [1.54, 1.807) is 6.07 Å². The van der Waals surface area contributed by atoms with Crippen LogP contribution in [0.15, 0.2) is 48.5 Å². The van der Waals surface area contributed by atoms with Gasteiger partial charge in [0.15, 0.2) is 0 Å². The molecule has 2 aromatic rings. The molecule has 22 heavy (non-hydrogen) atoms. The number of hydrogen-bond donors (Lipinski definition) is 0. The molecule has 0 aliphatic carbocycles. The van der Waals surface area contributed by atoms with Gasteiger partial charge in [-0.15, -0.1) is 0 Å². The Hall–Kier alpha value is -1.61. The first-order valence-electron chi connectivity index (χ1n) is 7.97. The third kappa shape index (κ3) is 3.58. The van der Waals surface area contributed by atoms with Crippen LogP contribution in [0.3, 0.4) is 0 Å². The van der Waals surface area contributed by atoms with E-state index in [-0.39, 0.29) is 5.82 Å². The third-order valence-corrected chi connectivity index (χ3v) is 8.75. The molecule has 0 N–H and O–H groups in total. The highest BCUT2D eigenvalue weighted by Crippen LogP contribution is 2.30. The summed E-state index contributed by atoms with van der Waals surface area (Å²) in [5.74, 6) is 0.766. The van der Waals surface area contributed by atoms with E-state index in [1.807, 2.05) is 25.1 Å². The number of rotatable bonds is 6. The maximum atomic E-state index is 13.6. The molecule has 0 radical (unpaired) electrons. The van der Waals surface area contributed by atoms with Crippen molar-refractivity contribution in [2.75, 3.05) is 6.61 Å². The molecule has 0 aliphatic heterocycles. The lowest BCUT2D eigenvalue weighted by atomic mass is 10.1. The van der Waals surface area contributed by atoms with E-state index in [1.165, 1.54) is 11.3 Å². The maximum absolute atomic E-state index is 13.6. The Morgan fingerprint density at radius 2 is 1.73 bits per heavy atom. The average Bonchev–Trinajstić information content (AvgIpc) is 2.49. The molecule has 0 saturated carbocycles. The lowest BCUT2D eigenvalue weighted by Crippen LogP contribution is -2.47. The zero-order valence-electron chi connectivity index (χ0n) is 13.9. The molecular weight excluding hydrogens is 291 g/mol. The maximum Gasteiger partial charge on any atom is 0.123 e. The zero-order valence-corrected chi connectivity index (χ0v) is 14.9. The monoisotopic (exact) mass is 316 g/mol. The van der Waals surface area contributed by atoms with Crippen molar-refractivity contribution in [2.45, 2.75) is 38.9 Å². The highest BCUT2D eigenvalue weighted by molar-refractivity contribution is 6.90. The van der Waals surface area contributed by atoms with Crippen LogP contribution in [0.5, 0.6) is 5.75 Å². The van der Waals surface area contributed by atoms with E-state index < -0.39 is 8.07 Å². The molecule has 2 rings (SSSR count). The van der Waals surface area contributed by atoms with Crippen molar-refractivity contribution in [3.05, 3.63) is 59.9 Å². The summed E-state index contributed by atoms with van der Waals surface area (Å²) >= 11 is 0. The first kappa shape index (κ1) is 16.8. The van der Waals surface area contributed by atoms with E-state index in [9.17, 15) is 4.39 Å². The summed E-state index contributed by atoms with van der Waals surface area (Å²) in [6.07, 6.45) is 1.02. The van der Waals surface area contributed by atoms with Gasteiger partial charge in [0.2, 0.25) is 0 Å². The number of halogens is 1. The molecule has 3 heteroatoms. The molecular formula is C19H25FOSi. The first-order chi connectivity index (χ1) is 10.5. The van der Waals surface area contributed by atoms with Crippen LogP contribution >= 0.6 is 0 Å². The van der Waals surface area contributed by atoms with Crippen LogP contribution in [-0.2, 0) is 0 Å². The first-order valence-corrected chi connectivity index (χ1v) is 11.1. The van der Waals surface area contributed by atoms with E-state index in [0.29, 0.717) is 12.1 Å². The Balaban J connectivity index is 2.33. The minimum Gasteiger partial charge on any atom is -0.494 e. The van der Waals surface area contributed by atoms with Gasteiger partial charge in [-0.1, -0.05) is 55.9 Å². The van der Waals surface area contributed by atoms with Crippen molar-refractivity contribution in [3.63, 3.8) is 0 Å². The fourth-order valence-electron chi connectivity index (χ4n) is 3.23. The summed E-state index contributed by atoms with van der Waals surface area (Å²) in [6, 6.07) is 15.5. The summed E-state index contributed by atoms with van der Waals surface area (Å²) in [7, 11) is -1.74. The van der Waals surface area contributed by atoms with Crippen LogP contribution in [-0.4, -0.2) is 14.7 Å². The van der Waals surface area contributed by atoms with E-state index in [2.05, 4.69) is 38.2 Å². The van der Waals surface area contributed by atoms with Crippen molar-refractivity contribution in [1.82, 2.24) is 0 Å². The summed E-state index contributed by atoms with van der Waals surface area (Å²) in [4.78, 5) is 0. The van der Waals surface area contributed by atoms with E-state index in [0.717, 1.165) is 17.7 Å². The van der Waals surface area contributed by atoms with Crippen molar-refractivity contribution < 1.29 is 9.13 Å². The van der Waals surface area contributed by atoms with Gasteiger partial charge in [-0.3, -0.25) is 0 Å². The lowest BCUT2D eigenvalue weighted by molar-refractivity contribution is 0.340. The molecule has 0 saturated heterocycles. The van der Waals surface area contributed by atoms with Gasteiger partial charge in [0, 0.05) is 0 Å². The van der Waals surface area contributed by atoms with Crippen LogP contribution in [0.25, 0.3) is 0 Å². The molecule has 0 aromatic heterocycles. The molecule has 1 atom stereocenters. The normalized spacial score (nSPS) is 13.0. The van der Waals surface area contributed by atoms with Gasteiger partial charge in [0.05, 0.1) is 14.7 Å². The van der Waals surface area contributed by atoms with Gasteiger partial charge in [0.25, 0.3) is 0 Å². The average molecular weight is 316 g/mol. The van der Waals surface area contributed by atoms with E-state index >= 15 is 0 Å². The second-order valence-electron chi connectivity index (χ2n) is 6.19. The molecule has 0 aliphatic rings. The summed E-state index contributed by atoms with van der Waals surface area (Å²) < 4.78 is 19.1. The Kier molecular flexibility index (Phi) is 5.41. The second-order valence-corrected chi connectivity index (χ2v) is 10.9. The van der Waals surface area contributed by atoms with Crippen molar-refractivity contribution in [3.8, 4) is 5.75 Å². The van der Waals surface area contributed by atoms with E-state index in [4.69, 9.17) is 4.74 Å². The van der Waals surface area contributed by atoms with Crippen LogP contribution in [0.4, 0.5) is 4.39 Å². The van der Waals surface area contributed by atoms with Gasteiger partial charge < -0.3 is 4.74 Å². The molecule has 0 bridgehead atoms. The van der Waals surface area contributed by atoms with Crippen LogP contribution < -0.4 is 9.92 Å². The van der Waals surface area contributed by atoms with Crippen LogP contribution in [0, 0.1) is 5.82 Å².